The standard InChI is InChI=1S/C53H39N/c1-53(2)51-19-11-10-18-48(51)49-33-32-44(35-52(49)53)54(42-28-24-38(25-29-42)36-12-4-3-5-13-36)43-30-26-39(27-31-43)37-20-22-40(23-21-37)50-34-41-14-6-7-15-45(41)46-16-8-9-17-47(46)50/h3-35H,1-2H3. The smallest absolute Gasteiger partial charge is 0.0465 e. The molecule has 0 aromatic heterocycles. The summed E-state index contributed by atoms with van der Waals surface area (Å²) < 4.78 is 0. The SMILES string of the molecule is CC1(C)c2ccccc2-c2ccc(N(c3ccc(-c4ccccc4)cc3)c3ccc(-c4ccc(-c5cc6ccccc6c6ccccc56)cc4)cc3)cc21. The fourth-order valence-corrected chi connectivity index (χ4v) is 8.65. The van der Waals surface area contributed by atoms with Crippen LogP contribution < -0.4 is 4.90 Å². The molecule has 0 spiro atoms. The van der Waals surface area contributed by atoms with Gasteiger partial charge in [-0.2, -0.15) is 0 Å². The zero-order valence-electron chi connectivity index (χ0n) is 30.5. The van der Waals surface area contributed by atoms with Crippen LogP contribution in [0.15, 0.2) is 200 Å². The number of hydrogen-bond donors (Lipinski definition) is 0. The zero-order valence-corrected chi connectivity index (χ0v) is 30.5. The molecule has 1 heteroatoms. The lowest BCUT2D eigenvalue weighted by Gasteiger charge is -2.28. The van der Waals surface area contributed by atoms with E-state index in [1.54, 1.807) is 0 Å². The van der Waals surface area contributed by atoms with Gasteiger partial charge in [-0.15, -0.1) is 0 Å². The van der Waals surface area contributed by atoms with Crippen molar-refractivity contribution in [3.63, 3.8) is 0 Å². The fourth-order valence-electron chi connectivity index (χ4n) is 8.65. The minimum atomic E-state index is -0.0834. The third-order valence-electron chi connectivity index (χ3n) is 11.5. The Morgan fingerprint density at radius 2 is 0.796 bits per heavy atom. The van der Waals surface area contributed by atoms with Gasteiger partial charge in [0.1, 0.15) is 0 Å². The first-order valence-corrected chi connectivity index (χ1v) is 18.8. The van der Waals surface area contributed by atoms with Gasteiger partial charge < -0.3 is 4.90 Å². The van der Waals surface area contributed by atoms with Crippen LogP contribution in [0, 0.1) is 0 Å². The van der Waals surface area contributed by atoms with Crippen molar-refractivity contribution in [2.45, 2.75) is 19.3 Å². The van der Waals surface area contributed by atoms with Gasteiger partial charge in [0.25, 0.3) is 0 Å². The molecule has 10 rings (SSSR count). The van der Waals surface area contributed by atoms with Crippen molar-refractivity contribution in [1.29, 1.82) is 0 Å². The van der Waals surface area contributed by atoms with Crippen LogP contribution in [0.2, 0.25) is 0 Å². The van der Waals surface area contributed by atoms with Gasteiger partial charge in [0.2, 0.25) is 0 Å². The summed E-state index contributed by atoms with van der Waals surface area (Å²) in [4.78, 5) is 2.39. The summed E-state index contributed by atoms with van der Waals surface area (Å²) in [7, 11) is 0. The highest BCUT2D eigenvalue weighted by Gasteiger charge is 2.35. The molecule has 9 aromatic rings. The highest BCUT2D eigenvalue weighted by molar-refractivity contribution is 6.13. The minimum absolute atomic E-state index is 0.0834. The Bertz CT molecular complexity index is 2810. The van der Waals surface area contributed by atoms with Crippen molar-refractivity contribution in [2.24, 2.45) is 0 Å². The predicted octanol–water partition coefficient (Wildman–Crippen LogP) is 14.8. The Kier molecular flexibility index (Phi) is 7.56. The summed E-state index contributed by atoms with van der Waals surface area (Å²) in [5, 5.41) is 5.13. The van der Waals surface area contributed by atoms with Crippen LogP contribution in [-0.2, 0) is 5.41 Å². The van der Waals surface area contributed by atoms with Gasteiger partial charge in [-0.25, -0.2) is 0 Å². The molecule has 1 aliphatic carbocycles. The molecule has 0 fully saturated rings. The first kappa shape index (κ1) is 32.0. The average molecular weight is 690 g/mol. The molecular formula is C53H39N. The molecule has 0 aliphatic heterocycles. The third kappa shape index (κ3) is 5.32. The number of anilines is 3. The monoisotopic (exact) mass is 689 g/mol. The predicted molar refractivity (Wildman–Crippen MR) is 230 cm³/mol. The van der Waals surface area contributed by atoms with Crippen LogP contribution in [0.4, 0.5) is 17.1 Å². The van der Waals surface area contributed by atoms with E-state index in [2.05, 4.69) is 219 Å². The van der Waals surface area contributed by atoms with Crippen molar-refractivity contribution in [2.75, 3.05) is 4.90 Å². The van der Waals surface area contributed by atoms with Crippen LogP contribution in [0.1, 0.15) is 25.0 Å². The second kappa shape index (κ2) is 12.8. The Morgan fingerprint density at radius 3 is 1.48 bits per heavy atom. The van der Waals surface area contributed by atoms with E-state index in [9.17, 15) is 0 Å². The summed E-state index contributed by atoms with van der Waals surface area (Å²) in [5.41, 5.74) is 16.1. The van der Waals surface area contributed by atoms with E-state index in [-0.39, 0.29) is 5.41 Å². The van der Waals surface area contributed by atoms with Crippen LogP contribution in [0.5, 0.6) is 0 Å². The van der Waals surface area contributed by atoms with Crippen LogP contribution in [0.3, 0.4) is 0 Å². The maximum Gasteiger partial charge on any atom is 0.0465 e. The van der Waals surface area contributed by atoms with Crippen molar-refractivity contribution in [3.8, 4) is 44.5 Å². The van der Waals surface area contributed by atoms with E-state index in [0.29, 0.717) is 0 Å². The van der Waals surface area contributed by atoms with Crippen molar-refractivity contribution in [3.05, 3.63) is 211 Å². The Morgan fingerprint density at radius 1 is 0.315 bits per heavy atom. The van der Waals surface area contributed by atoms with Gasteiger partial charge in [0.15, 0.2) is 0 Å². The van der Waals surface area contributed by atoms with E-state index in [4.69, 9.17) is 0 Å². The van der Waals surface area contributed by atoms with Crippen molar-refractivity contribution < 1.29 is 0 Å². The Balaban J connectivity index is 1.02. The quantitative estimate of drug-likeness (QED) is 0.157. The molecule has 0 radical (unpaired) electrons. The fraction of sp³-hybridized carbons (Fsp3) is 0.0566. The van der Waals surface area contributed by atoms with Gasteiger partial charge in [0.05, 0.1) is 0 Å². The van der Waals surface area contributed by atoms with Crippen LogP contribution in [-0.4, -0.2) is 0 Å². The van der Waals surface area contributed by atoms with E-state index in [1.807, 2.05) is 0 Å². The first-order chi connectivity index (χ1) is 26.5. The molecule has 0 saturated heterocycles. The van der Waals surface area contributed by atoms with E-state index < -0.39 is 0 Å². The minimum Gasteiger partial charge on any atom is -0.310 e. The van der Waals surface area contributed by atoms with Gasteiger partial charge in [-0.3, -0.25) is 0 Å². The maximum atomic E-state index is 2.41. The van der Waals surface area contributed by atoms with Gasteiger partial charge in [-0.1, -0.05) is 172 Å². The number of fused-ring (bicyclic) bond motifs is 6. The van der Waals surface area contributed by atoms with Gasteiger partial charge >= 0.3 is 0 Å². The highest BCUT2D eigenvalue weighted by Crippen LogP contribution is 2.50. The molecule has 0 N–H and O–H groups in total. The third-order valence-corrected chi connectivity index (χ3v) is 11.5. The molecule has 1 nitrogen and oxygen atoms in total. The lowest BCUT2D eigenvalue weighted by Crippen LogP contribution is -2.16. The molecule has 0 saturated carbocycles. The van der Waals surface area contributed by atoms with E-state index >= 15 is 0 Å². The summed E-state index contributed by atoms with van der Waals surface area (Å²) in [6.45, 7) is 4.70. The molecular weight excluding hydrogens is 651 g/mol. The molecule has 0 unspecified atom stereocenters. The van der Waals surface area contributed by atoms with Crippen LogP contribution in [0.25, 0.3) is 66.1 Å². The number of hydrogen-bond acceptors (Lipinski definition) is 1. The highest BCUT2D eigenvalue weighted by atomic mass is 15.1. The topological polar surface area (TPSA) is 3.24 Å². The van der Waals surface area contributed by atoms with E-state index in [0.717, 1.165) is 17.1 Å². The number of nitrogens with zero attached hydrogens (tertiary/aromatic N) is 1. The number of rotatable bonds is 6. The maximum absolute atomic E-state index is 2.41. The second-order valence-electron chi connectivity index (χ2n) is 15.0. The lowest BCUT2D eigenvalue weighted by atomic mass is 9.82. The first-order valence-electron chi connectivity index (χ1n) is 18.8. The molecule has 1 aliphatic rings. The molecule has 0 amide bonds. The van der Waals surface area contributed by atoms with Crippen LogP contribution >= 0.6 is 0 Å². The zero-order chi connectivity index (χ0) is 36.2. The normalized spacial score (nSPS) is 12.8. The Hall–Kier alpha value is -6.70. The van der Waals surface area contributed by atoms with Gasteiger partial charge in [0, 0.05) is 22.5 Å². The second-order valence-corrected chi connectivity index (χ2v) is 15.0. The largest absolute Gasteiger partial charge is 0.310 e. The van der Waals surface area contributed by atoms with Crippen molar-refractivity contribution in [1.82, 2.24) is 0 Å². The van der Waals surface area contributed by atoms with E-state index in [1.165, 1.54) is 77.2 Å². The molecule has 0 atom stereocenters. The lowest BCUT2D eigenvalue weighted by molar-refractivity contribution is 0.660. The summed E-state index contributed by atoms with van der Waals surface area (Å²) in [5.74, 6) is 0. The summed E-state index contributed by atoms with van der Waals surface area (Å²) in [6, 6.07) is 73.3. The molecule has 54 heavy (non-hydrogen) atoms. The van der Waals surface area contributed by atoms with Gasteiger partial charge in [-0.05, 0) is 120 Å². The average Bonchev–Trinajstić information content (AvgIpc) is 3.47. The van der Waals surface area contributed by atoms with Crippen molar-refractivity contribution >= 4 is 38.6 Å². The number of benzene rings is 9. The summed E-state index contributed by atoms with van der Waals surface area (Å²) in [6.07, 6.45) is 0. The molecule has 256 valence electrons. The molecule has 9 aromatic carbocycles. The molecule has 0 heterocycles. The molecule has 0 bridgehead atoms. The Labute approximate surface area is 317 Å². The summed E-state index contributed by atoms with van der Waals surface area (Å²) >= 11 is 0.